The van der Waals surface area contributed by atoms with Crippen LogP contribution in [0.3, 0.4) is 0 Å². The first-order chi connectivity index (χ1) is 11.5. The van der Waals surface area contributed by atoms with Crippen molar-refractivity contribution in [2.75, 3.05) is 6.54 Å². The van der Waals surface area contributed by atoms with Gasteiger partial charge in [0.05, 0.1) is 4.88 Å². The summed E-state index contributed by atoms with van der Waals surface area (Å²) in [6.07, 6.45) is 0.505. The van der Waals surface area contributed by atoms with Gasteiger partial charge in [-0.2, -0.15) is 0 Å². The van der Waals surface area contributed by atoms with E-state index in [1.165, 1.54) is 11.3 Å². The Labute approximate surface area is 144 Å². The molecule has 1 amide bonds. The first-order valence-electron chi connectivity index (χ1n) is 7.79. The number of rotatable bonds is 8. The van der Waals surface area contributed by atoms with Gasteiger partial charge in [-0.05, 0) is 30.7 Å². The molecule has 0 spiro atoms. The Morgan fingerprint density at radius 1 is 1.33 bits per heavy atom. The SMILES string of the molecule is CC(C)CCC(=O)NCC(=O)OC(C)c1nnc(-c2cccs2)o1. The number of amides is 1. The number of ether oxygens (including phenoxy) is 1. The summed E-state index contributed by atoms with van der Waals surface area (Å²) in [5, 5.41) is 12.3. The average Bonchev–Trinajstić information content (AvgIpc) is 3.21. The molecule has 0 aliphatic carbocycles. The Hall–Kier alpha value is -2.22. The maximum atomic E-state index is 11.8. The van der Waals surface area contributed by atoms with Crippen molar-refractivity contribution in [2.45, 2.75) is 39.7 Å². The van der Waals surface area contributed by atoms with E-state index in [0.29, 0.717) is 18.2 Å². The van der Waals surface area contributed by atoms with Gasteiger partial charge in [0.25, 0.3) is 11.8 Å². The number of nitrogens with zero attached hydrogens (tertiary/aromatic N) is 2. The molecule has 1 N–H and O–H groups in total. The monoisotopic (exact) mass is 351 g/mol. The molecule has 0 aromatic carbocycles. The third-order valence-corrected chi connectivity index (χ3v) is 4.07. The van der Waals surface area contributed by atoms with Gasteiger partial charge >= 0.3 is 5.97 Å². The third kappa shape index (κ3) is 5.45. The van der Waals surface area contributed by atoms with Gasteiger partial charge in [-0.3, -0.25) is 9.59 Å². The lowest BCUT2D eigenvalue weighted by atomic mass is 10.1. The number of nitrogens with one attached hydrogen (secondary N) is 1. The average molecular weight is 351 g/mol. The Kier molecular flexibility index (Phi) is 6.48. The molecule has 0 aliphatic heterocycles. The second kappa shape index (κ2) is 8.58. The molecule has 8 heteroatoms. The molecule has 2 aromatic rings. The minimum atomic E-state index is -0.675. The molecule has 24 heavy (non-hydrogen) atoms. The minimum Gasteiger partial charge on any atom is -0.451 e. The highest BCUT2D eigenvalue weighted by Gasteiger charge is 2.19. The molecule has 7 nitrogen and oxygen atoms in total. The summed E-state index contributed by atoms with van der Waals surface area (Å²) >= 11 is 1.48. The van der Waals surface area contributed by atoms with Crippen LogP contribution >= 0.6 is 11.3 Å². The van der Waals surface area contributed by atoms with Gasteiger partial charge in [-0.25, -0.2) is 0 Å². The number of carbonyl (C=O) groups excluding carboxylic acids is 2. The molecule has 0 saturated heterocycles. The molecule has 2 rings (SSSR count). The Morgan fingerprint density at radius 3 is 2.79 bits per heavy atom. The molecule has 0 radical (unpaired) electrons. The highest BCUT2D eigenvalue weighted by Crippen LogP contribution is 2.25. The molecule has 1 atom stereocenters. The standard InChI is InChI=1S/C16H21N3O4S/c1-10(2)6-7-13(20)17-9-14(21)22-11(3)15-18-19-16(23-15)12-5-4-8-24-12/h4-5,8,10-11H,6-7,9H2,1-3H3,(H,17,20). The fourth-order valence-corrected chi connectivity index (χ4v) is 2.51. The van der Waals surface area contributed by atoms with Gasteiger partial charge in [-0.1, -0.05) is 19.9 Å². The Balaban J connectivity index is 1.78. The van der Waals surface area contributed by atoms with E-state index in [4.69, 9.17) is 9.15 Å². The summed E-state index contributed by atoms with van der Waals surface area (Å²) in [6, 6.07) is 3.75. The third-order valence-electron chi connectivity index (χ3n) is 3.21. The number of hydrogen-bond acceptors (Lipinski definition) is 7. The summed E-state index contributed by atoms with van der Waals surface area (Å²) in [4.78, 5) is 24.2. The van der Waals surface area contributed by atoms with Crippen molar-refractivity contribution in [1.82, 2.24) is 15.5 Å². The van der Waals surface area contributed by atoms with Crippen LogP contribution in [0.25, 0.3) is 10.8 Å². The molecule has 0 fully saturated rings. The molecule has 2 heterocycles. The van der Waals surface area contributed by atoms with E-state index in [0.717, 1.165) is 11.3 Å². The molecular weight excluding hydrogens is 330 g/mol. The number of thiophene rings is 1. The fraction of sp³-hybridized carbons (Fsp3) is 0.500. The largest absolute Gasteiger partial charge is 0.451 e. The van der Waals surface area contributed by atoms with Crippen molar-refractivity contribution in [3.05, 3.63) is 23.4 Å². The summed E-state index contributed by atoms with van der Waals surface area (Å²) in [5.74, 6) is 0.350. The lowest BCUT2D eigenvalue weighted by Gasteiger charge is -2.10. The van der Waals surface area contributed by atoms with E-state index >= 15 is 0 Å². The minimum absolute atomic E-state index is 0.161. The fourth-order valence-electron chi connectivity index (χ4n) is 1.87. The first kappa shape index (κ1) is 18.1. The highest BCUT2D eigenvalue weighted by atomic mass is 32.1. The maximum Gasteiger partial charge on any atom is 0.326 e. The quantitative estimate of drug-likeness (QED) is 0.735. The van der Waals surface area contributed by atoms with Gasteiger partial charge in [0.15, 0.2) is 6.10 Å². The zero-order valence-electron chi connectivity index (χ0n) is 13.9. The van der Waals surface area contributed by atoms with Crippen molar-refractivity contribution >= 4 is 23.2 Å². The normalized spacial score (nSPS) is 12.2. The summed E-state index contributed by atoms with van der Waals surface area (Å²) < 4.78 is 10.7. The maximum absolute atomic E-state index is 11.8. The molecule has 0 saturated carbocycles. The lowest BCUT2D eigenvalue weighted by Crippen LogP contribution is -2.31. The van der Waals surface area contributed by atoms with Crippen LogP contribution in [0.1, 0.15) is 45.6 Å². The highest BCUT2D eigenvalue weighted by molar-refractivity contribution is 7.13. The summed E-state index contributed by atoms with van der Waals surface area (Å²) in [6.45, 7) is 5.55. The topological polar surface area (TPSA) is 94.3 Å². The number of carbonyl (C=O) groups is 2. The van der Waals surface area contributed by atoms with Crippen LogP contribution in [-0.4, -0.2) is 28.6 Å². The molecular formula is C16H21N3O4S. The molecule has 2 aromatic heterocycles. The van der Waals surface area contributed by atoms with Crippen LogP contribution in [0.2, 0.25) is 0 Å². The van der Waals surface area contributed by atoms with Crippen LogP contribution in [0.15, 0.2) is 21.9 Å². The van der Waals surface area contributed by atoms with Crippen molar-refractivity contribution in [2.24, 2.45) is 5.92 Å². The zero-order chi connectivity index (χ0) is 17.5. The zero-order valence-corrected chi connectivity index (χ0v) is 14.8. The van der Waals surface area contributed by atoms with Gasteiger partial charge in [0.2, 0.25) is 5.91 Å². The molecule has 130 valence electrons. The van der Waals surface area contributed by atoms with Crippen LogP contribution in [0.4, 0.5) is 0 Å². The van der Waals surface area contributed by atoms with Gasteiger partial charge < -0.3 is 14.5 Å². The van der Waals surface area contributed by atoms with Crippen LogP contribution in [0, 0.1) is 5.92 Å². The first-order valence-corrected chi connectivity index (χ1v) is 8.67. The Bertz CT molecular complexity index is 667. The number of hydrogen-bond donors (Lipinski definition) is 1. The van der Waals surface area contributed by atoms with Crippen LogP contribution < -0.4 is 5.32 Å². The van der Waals surface area contributed by atoms with Crippen LogP contribution in [0.5, 0.6) is 0 Å². The number of esters is 1. The second-order valence-electron chi connectivity index (χ2n) is 5.76. The Morgan fingerprint density at radius 2 is 2.12 bits per heavy atom. The second-order valence-corrected chi connectivity index (χ2v) is 6.71. The van der Waals surface area contributed by atoms with Crippen molar-refractivity contribution in [3.63, 3.8) is 0 Å². The molecule has 1 unspecified atom stereocenters. The predicted octanol–water partition coefficient (Wildman–Crippen LogP) is 2.95. The lowest BCUT2D eigenvalue weighted by molar-refractivity contribution is -0.149. The molecule has 0 bridgehead atoms. The smallest absolute Gasteiger partial charge is 0.326 e. The van der Waals surface area contributed by atoms with Crippen molar-refractivity contribution < 1.29 is 18.7 Å². The van der Waals surface area contributed by atoms with Crippen LogP contribution in [-0.2, 0) is 14.3 Å². The van der Waals surface area contributed by atoms with Gasteiger partial charge in [0.1, 0.15) is 6.54 Å². The van der Waals surface area contributed by atoms with Crippen molar-refractivity contribution in [3.8, 4) is 10.8 Å². The summed E-state index contributed by atoms with van der Waals surface area (Å²) in [5.41, 5.74) is 0. The van der Waals surface area contributed by atoms with E-state index in [1.807, 2.05) is 31.4 Å². The van der Waals surface area contributed by atoms with E-state index in [2.05, 4.69) is 15.5 Å². The van der Waals surface area contributed by atoms with E-state index < -0.39 is 12.1 Å². The van der Waals surface area contributed by atoms with Gasteiger partial charge in [-0.15, -0.1) is 21.5 Å². The van der Waals surface area contributed by atoms with E-state index in [1.54, 1.807) is 6.92 Å². The van der Waals surface area contributed by atoms with E-state index in [-0.39, 0.29) is 18.3 Å². The van der Waals surface area contributed by atoms with Crippen molar-refractivity contribution in [1.29, 1.82) is 0 Å². The summed E-state index contributed by atoms with van der Waals surface area (Å²) in [7, 11) is 0. The van der Waals surface area contributed by atoms with Gasteiger partial charge in [0, 0.05) is 6.42 Å². The molecule has 0 aliphatic rings. The number of aromatic nitrogens is 2. The van der Waals surface area contributed by atoms with E-state index in [9.17, 15) is 9.59 Å². The predicted molar refractivity (Wildman–Crippen MR) is 89.2 cm³/mol.